The first-order valence-electron chi connectivity index (χ1n) is 5.50. The van der Waals surface area contributed by atoms with Crippen LogP contribution in [0, 0.1) is 0 Å². The largest absolute Gasteiger partial charge is 0.394 e. The molecule has 0 aliphatic carbocycles. The maximum atomic E-state index is 8.43. The van der Waals surface area contributed by atoms with Crippen molar-refractivity contribution in [2.45, 2.75) is 12.2 Å². The Morgan fingerprint density at radius 1 is 1.06 bits per heavy atom. The summed E-state index contributed by atoms with van der Waals surface area (Å²) in [6.07, 6.45) is 2.14. The van der Waals surface area contributed by atoms with Crippen LogP contribution in [0.3, 0.4) is 0 Å². The van der Waals surface area contributed by atoms with Crippen molar-refractivity contribution < 1.29 is 24.1 Å². The summed E-state index contributed by atoms with van der Waals surface area (Å²) in [6.45, 7) is 6.78. The van der Waals surface area contributed by atoms with Crippen molar-refractivity contribution >= 4 is 0 Å². The molecule has 0 aromatic rings. The molecule has 1 heterocycles. The molecular formula is C11H20O5. The minimum Gasteiger partial charge on any atom is -0.394 e. The van der Waals surface area contributed by atoms with E-state index in [2.05, 4.69) is 6.58 Å². The van der Waals surface area contributed by atoms with E-state index in [1.54, 1.807) is 6.08 Å². The summed E-state index contributed by atoms with van der Waals surface area (Å²) in [5, 5.41) is 8.43. The van der Waals surface area contributed by atoms with E-state index < -0.39 is 0 Å². The number of aliphatic hydroxyl groups excluding tert-OH is 1. The van der Waals surface area contributed by atoms with Gasteiger partial charge in [-0.1, -0.05) is 6.08 Å². The van der Waals surface area contributed by atoms with Gasteiger partial charge in [-0.15, -0.1) is 6.58 Å². The Bertz CT molecular complexity index is 185. The number of rotatable bonds is 11. The summed E-state index contributed by atoms with van der Waals surface area (Å²) >= 11 is 0. The van der Waals surface area contributed by atoms with Crippen LogP contribution in [0.2, 0.25) is 0 Å². The molecule has 1 rings (SSSR count). The van der Waals surface area contributed by atoms with Crippen molar-refractivity contribution in [1.29, 1.82) is 0 Å². The summed E-state index contributed by atoms with van der Waals surface area (Å²) in [4.78, 5) is 0. The molecule has 0 bridgehead atoms. The summed E-state index contributed by atoms with van der Waals surface area (Å²) in [6, 6.07) is 0. The summed E-state index contributed by atoms with van der Waals surface area (Å²) < 4.78 is 20.8. The predicted octanol–water partition coefficient (Wildman–Crippen LogP) is -0.0181. The van der Waals surface area contributed by atoms with Crippen LogP contribution in [-0.2, 0) is 18.9 Å². The predicted molar refractivity (Wildman–Crippen MR) is 58.4 cm³/mol. The molecule has 1 aliphatic heterocycles. The molecule has 5 nitrogen and oxygen atoms in total. The van der Waals surface area contributed by atoms with E-state index >= 15 is 0 Å². The normalized spacial score (nSPS) is 23.3. The molecule has 1 aliphatic rings. The van der Waals surface area contributed by atoms with Crippen LogP contribution in [0.25, 0.3) is 0 Å². The number of epoxide rings is 1. The molecule has 0 amide bonds. The zero-order valence-corrected chi connectivity index (χ0v) is 9.47. The fourth-order valence-electron chi connectivity index (χ4n) is 1.20. The van der Waals surface area contributed by atoms with Crippen molar-refractivity contribution in [2.24, 2.45) is 0 Å². The fourth-order valence-corrected chi connectivity index (χ4v) is 1.20. The van der Waals surface area contributed by atoms with E-state index in [4.69, 9.17) is 24.1 Å². The van der Waals surface area contributed by atoms with Gasteiger partial charge in [-0.2, -0.15) is 0 Å². The van der Waals surface area contributed by atoms with E-state index in [1.165, 1.54) is 0 Å². The topological polar surface area (TPSA) is 60.5 Å². The lowest BCUT2D eigenvalue weighted by Crippen LogP contribution is -2.12. The second-order valence-corrected chi connectivity index (χ2v) is 3.40. The molecule has 1 saturated heterocycles. The molecule has 2 atom stereocenters. The van der Waals surface area contributed by atoms with E-state index in [0.29, 0.717) is 39.6 Å². The van der Waals surface area contributed by atoms with Gasteiger partial charge in [-0.3, -0.25) is 0 Å². The molecule has 1 fully saturated rings. The van der Waals surface area contributed by atoms with E-state index in [0.717, 1.165) is 0 Å². The minimum atomic E-state index is 0.0506. The smallest absolute Gasteiger partial charge is 0.111 e. The first-order valence-corrected chi connectivity index (χ1v) is 5.50. The Balaban J connectivity index is 1.70. The zero-order valence-electron chi connectivity index (χ0n) is 9.47. The Labute approximate surface area is 95.9 Å². The number of hydrogen-bond donors (Lipinski definition) is 1. The highest BCUT2D eigenvalue weighted by Crippen LogP contribution is 2.22. The second-order valence-electron chi connectivity index (χ2n) is 3.40. The molecule has 0 aromatic carbocycles. The van der Waals surface area contributed by atoms with Gasteiger partial charge in [0, 0.05) is 0 Å². The first-order chi connectivity index (χ1) is 7.88. The highest BCUT2D eigenvalue weighted by atomic mass is 16.6. The lowest BCUT2D eigenvalue weighted by atomic mass is 10.3. The van der Waals surface area contributed by atoms with Gasteiger partial charge in [-0.05, 0) is 0 Å². The molecule has 0 unspecified atom stereocenters. The molecule has 1 N–H and O–H groups in total. The summed E-state index contributed by atoms with van der Waals surface area (Å²) in [5.41, 5.74) is 0. The van der Waals surface area contributed by atoms with Crippen LogP contribution in [0.1, 0.15) is 0 Å². The van der Waals surface area contributed by atoms with Gasteiger partial charge in [0.2, 0.25) is 0 Å². The Hall–Kier alpha value is -0.460. The lowest BCUT2D eigenvalue weighted by Gasteiger charge is -2.05. The molecule has 16 heavy (non-hydrogen) atoms. The van der Waals surface area contributed by atoms with Gasteiger partial charge >= 0.3 is 0 Å². The maximum absolute atomic E-state index is 8.43. The molecule has 94 valence electrons. The van der Waals surface area contributed by atoms with Crippen LogP contribution in [0.5, 0.6) is 0 Å². The van der Waals surface area contributed by atoms with Crippen molar-refractivity contribution in [1.82, 2.24) is 0 Å². The van der Waals surface area contributed by atoms with Crippen molar-refractivity contribution in [2.75, 3.05) is 46.2 Å². The molecule has 0 spiro atoms. The Morgan fingerprint density at radius 2 is 1.69 bits per heavy atom. The third-order valence-electron chi connectivity index (χ3n) is 2.12. The van der Waals surface area contributed by atoms with Crippen LogP contribution < -0.4 is 0 Å². The quantitative estimate of drug-likeness (QED) is 0.308. The van der Waals surface area contributed by atoms with E-state index in [9.17, 15) is 0 Å². The Kier molecular flexibility index (Phi) is 7.37. The van der Waals surface area contributed by atoms with Crippen LogP contribution >= 0.6 is 0 Å². The van der Waals surface area contributed by atoms with Crippen LogP contribution in [0.4, 0.5) is 0 Å². The zero-order chi connectivity index (χ0) is 11.6. The number of hydrogen-bond acceptors (Lipinski definition) is 5. The SMILES string of the molecule is C=C[C@H]1O[C@H]1COCCOCCOCCO. The van der Waals surface area contributed by atoms with Gasteiger partial charge in [0.15, 0.2) is 0 Å². The van der Waals surface area contributed by atoms with Gasteiger partial charge in [-0.25, -0.2) is 0 Å². The fraction of sp³-hybridized carbons (Fsp3) is 0.818. The summed E-state index contributed by atoms with van der Waals surface area (Å²) in [5.74, 6) is 0. The van der Waals surface area contributed by atoms with Gasteiger partial charge in [0.25, 0.3) is 0 Å². The van der Waals surface area contributed by atoms with E-state index in [1.807, 2.05) is 0 Å². The van der Waals surface area contributed by atoms with E-state index in [-0.39, 0.29) is 18.8 Å². The van der Waals surface area contributed by atoms with Gasteiger partial charge < -0.3 is 24.1 Å². The maximum Gasteiger partial charge on any atom is 0.111 e. The molecule has 5 heteroatoms. The van der Waals surface area contributed by atoms with Gasteiger partial charge in [0.05, 0.1) is 46.2 Å². The molecule has 0 radical (unpaired) electrons. The molecule has 0 saturated carbocycles. The van der Waals surface area contributed by atoms with Gasteiger partial charge in [0.1, 0.15) is 12.2 Å². The third-order valence-corrected chi connectivity index (χ3v) is 2.12. The number of ether oxygens (including phenoxy) is 4. The standard InChI is InChI=1S/C11H20O5/c1-2-10-11(16-10)9-15-8-7-14-6-5-13-4-3-12/h2,10-12H,1,3-9H2/t10-,11+/m1/s1. The Morgan fingerprint density at radius 3 is 2.25 bits per heavy atom. The average molecular weight is 232 g/mol. The highest BCUT2D eigenvalue weighted by Gasteiger charge is 2.35. The number of aliphatic hydroxyl groups is 1. The molecular weight excluding hydrogens is 212 g/mol. The van der Waals surface area contributed by atoms with Crippen LogP contribution in [-0.4, -0.2) is 63.6 Å². The lowest BCUT2D eigenvalue weighted by molar-refractivity contribution is 0.00558. The van der Waals surface area contributed by atoms with Crippen molar-refractivity contribution in [3.8, 4) is 0 Å². The van der Waals surface area contributed by atoms with Crippen molar-refractivity contribution in [3.05, 3.63) is 12.7 Å². The summed E-state index contributed by atoms with van der Waals surface area (Å²) in [7, 11) is 0. The second kappa shape index (κ2) is 8.66. The monoisotopic (exact) mass is 232 g/mol. The highest BCUT2D eigenvalue weighted by molar-refractivity contribution is 4.97. The average Bonchev–Trinajstić information content (AvgIpc) is 3.05. The molecule has 0 aromatic heterocycles. The van der Waals surface area contributed by atoms with Crippen molar-refractivity contribution in [3.63, 3.8) is 0 Å². The minimum absolute atomic E-state index is 0.0506. The third kappa shape index (κ3) is 6.19. The first kappa shape index (κ1) is 13.6. The van der Waals surface area contributed by atoms with Crippen LogP contribution in [0.15, 0.2) is 12.7 Å².